The van der Waals surface area contributed by atoms with E-state index >= 15 is 0 Å². The highest BCUT2D eigenvalue weighted by molar-refractivity contribution is 7.87. The number of amides is 1. The third kappa shape index (κ3) is 3.92. The van der Waals surface area contributed by atoms with Gasteiger partial charge in [0.05, 0.1) is 17.2 Å². The van der Waals surface area contributed by atoms with E-state index in [-0.39, 0.29) is 16.2 Å². The van der Waals surface area contributed by atoms with Crippen LogP contribution in [0.25, 0.3) is 0 Å². The van der Waals surface area contributed by atoms with Crippen LogP contribution in [0.2, 0.25) is 5.02 Å². The summed E-state index contributed by atoms with van der Waals surface area (Å²) in [7, 11) is -3.96. The molecular formula is C23H30ClFN2O4S. The summed E-state index contributed by atoms with van der Waals surface area (Å²) in [5, 5.41) is 0.104. The van der Waals surface area contributed by atoms with Gasteiger partial charge in [-0.3, -0.25) is 4.79 Å². The largest absolute Gasteiger partial charge is 0.491 e. The first kappa shape index (κ1) is 22.4. The molecule has 0 aromatic heterocycles. The number of carbonyl (C=O) groups excluding carboxylic acids is 1. The summed E-state index contributed by atoms with van der Waals surface area (Å²) < 4.78 is 48.1. The molecule has 1 N–H and O–H groups in total. The second kappa shape index (κ2) is 7.84. The van der Waals surface area contributed by atoms with Gasteiger partial charge in [-0.2, -0.15) is 12.7 Å². The van der Waals surface area contributed by atoms with Crippen molar-refractivity contribution < 1.29 is 22.3 Å². The lowest BCUT2D eigenvalue weighted by molar-refractivity contribution is -0.126. The summed E-state index contributed by atoms with van der Waals surface area (Å²) in [4.78, 5) is 12.4. The lowest BCUT2D eigenvalue weighted by Crippen LogP contribution is -2.53. The fraction of sp³-hybridized carbons (Fsp3) is 0.696. The van der Waals surface area contributed by atoms with E-state index < -0.39 is 27.5 Å². The van der Waals surface area contributed by atoms with Crippen molar-refractivity contribution in [3.8, 4) is 5.75 Å². The standard InChI is InChI=1S/C23H30ClFN2O4S/c1-2-22-9-15-6-16(10-22)12-23(11-15,13-22)14-31-20-8-19(25)17(7-18(20)24)21(28)26-32(29,30)27-4-3-5-27/h7-8,15-16H,2-6,9-14H2,1H3,(H,26,28). The third-order valence-corrected chi connectivity index (χ3v) is 10.0. The summed E-state index contributed by atoms with van der Waals surface area (Å²) in [5.74, 6) is -0.171. The number of nitrogens with zero attached hydrogens (tertiary/aromatic N) is 1. The highest BCUT2D eigenvalue weighted by Gasteiger charge is 2.57. The molecule has 1 saturated heterocycles. The van der Waals surface area contributed by atoms with E-state index in [1.54, 1.807) is 0 Å². The van der Waals surface area contributed by atoms with Crippen LogP contribution >= 0.6 is 11.6 Å². The fourth-order valence-corrected chi connectivity index (χ4v) is 8.47. The van der Waals surface area contributed by atoms with Gasteiger partial charge in [0.1, 0.15) is 11.6 Å². The number of hydrogen-bond acceptors (Lipinski definition) is 4. The molecule has 6 rings (SSSR count). The summed E-state index contributed by atoms with van der Waals surface area (Å²) in [6.45, 7) is 3.48. The third-order valence-electron chi connectivity index (χ3n) is 8.23. The molecule has 1 aromatic rings. The van der Waals surface area contributed by atoms with Crippen molar-refractivity contribution in [1.29, 1.82) is 0 Å². The topological polar surface area (TPSA) is 75.7 Å². The zero-order valence-corrected chi connectivity index (χ0v) is 19.9. The molecule has 2 unspecified atom stereocenters. The molecule has 1 aromatic carbocycles. The van der Waals surface area contributed by atoms with Crippen molar-refractivity contribution in [2.45, 2.75) is 58.3 Å². The molecule has 4 aliphatic carbocycles. The van der Waals surface area contributed by atoms with E-state index in [0.29, 0.717) is 25.1 Å². The Bertz CT molecular complexity index is 1030. The lowest BCUT2D eigenvalue weighted by Gasteiger charge is -2.62. The Hall–Kier alpha value is -1.38. The molecule has 1 aliphatic heterocycles. The fourth-order valence-electron chi connectivity index (χ4n) is 7.04. The summed E-state index contributed by atoms with van der Waals surface area (Å²) in [6, 6.07) is 2.25. The van der Waals surface area contributed by atoms with Crippen molar-refractivity contribution in [2.24, 2.45) is 22.7 Å². The highest BCUT2D eigenvalue weighted by Crippen LogP contribution is 2.66. The van der Waals surface area contributed by atoms with E-state index in [4.69, 9.17) is 16.3 Å². The molecule has 5 aliphatic rings. The minimum atomic E-state index is -3.96. The lowest BCUT2D eigenvalue weighted by atomic mass is 9.44. The predicted octanol–water partition coefficient (Wildman–Crippen LogP) is 4.53. The van der Waals surface area contributed by atoms with Gasteiger partial charge in [0.2, 0.25) is 0 Å². The van der Waals surface area contributed by atoms with Crippen molar-refractivity contribution >= 4 is 27.7 Å². The number of rotatable bonds is 7. The van der Waals surface area contributed by atoms with Crippen LogP contribution < -0.4 is 9.46 Å². The van der Waals surface area contributed by atoms with Gasteiger partial charge in [0.15, 0.2) is 0 Å². The maximum absolute atomic E-state index is 14.7. The Morgan fingerprint density at radius 2 is 1.88 bits per heavy atom. The number of hydrogen-bond donors (Lipinski definition) is 1. The Morgan fingerprint density at radius 3 is 2.47 bits per heavy atom. The minimum absolute atomic E-state index is 0.104. The minimum Gasteiger partial charge on any atom is -0.491 e. The van der Waals surface area contributed by atoms with E-state index in [1.807, 2.05) is 4.72 Å². The maximum Gasteiger partial charge on any atom is 0.304 e. The van der Waals surface area contributed by atoms with Crippen LogP contribution in [-0.4, -0.2) is 38.3 Å². The van der Waals surface area contributed by atoms with Crippen LogP contribution in [0.15, 0.2) is 12.1 Å². The predicted molar refractivity (Wildman–Crippen MR) is 119 cm³/mol. The van der Waals surface area contributed by atoms with Gasteiger partial charge in [-0.15, -0.1) is 0 Å². The molecular weight excluding hydrogens is 455 g/mol. The Kier molecular flexibility index (Phi) is 5.49. The summed E-state index contributed by atoms with van der Waals surface area (Å²) >= 11 is 6.33. The average molecular weight is 485 g/mol. The number of nitrogens with one attached hydrogen (secondary N) is 1. The Labute approximate surface area is 194 Å². The van der Waals surface area contributed by atoms with Crippen molar-refractivity contribution in [3.63, 3.8) is 0 Å². The molecule has 1 amide bonds. The van der Waals surface area contributed by atoms with Crippen molar-refractivity contribution in [1.82, 2.24) is 9.03 Å². The molecule has 4 saturated carbocycles. The smallest absolute Gasteiger partial charge is 0.304 e. The maximum atomic E-state index is 14.7. The van der Waals surface area contributed by atoms with Crippen LogP contribution in [0, 0.1) is 28.5 Å². The molecule has 6 nitrogen and oxygen atoms in total. The molecule has 0 spiro atoms. The molecule has 0 radical (unpaired) electrons. The average Bonchev–Trinajstić information content (AvgIpc) is 2.65. The van der Waals surface area contributed by atoms with Gasteiger partial charge in [-0.05, 0) is 68.3 Å². The molecule has 4 bridgehead atoms. The number of carbonyl (C=O) groups is 1. The quantitative estimate of drug-likeness (QED) is 0.616. The number of benzene rings is 1. The van der Waals surface area contributed by atoms with Gasteiger partial charge in [-0.1, -0.05) is 24.9 Å². The number of ether oxygens (including phenoxy) is 1. The van der Waals surface area contributed by atoms with Crippen LogP contribution in [0.5, 0.6) is 5.75 Å². The second-order valence-electron chi connectivity index (χ2n) is 10.6. The van der Waals surface area contributed by atoms with Gasteiger partial charge < -0.3 is 4.74 Å². The van der Waals surface area contributed by atoms with Crippen molar-refractivity contribution in [3.05, 3.63) is 28.5 Å². The van der Waals surface area contributed by atoms with Gasteiger partial charge in [-0.25, -0.2) is 9.11 Å². The highest BCUT2D eigenvalue weighted by atomic mass is 35.5. The molecule has 9 heteroatoms. The summed E-state index contributed by atoms with van der Waals surface area (Å²) in [5.41, 5.74) is 0.124. The van der Waals surface area contributed by atoms with Gasteiger partial charge in [0.25, 0.3) is 5.91 Å². The van der Waals surface area contributed by atoms with E-state index in [1.165, 1.54) is 25.7 Å². The normalized spacial score (nSPS) is 33.7. The van der Waals surface area contributed by atoms with E-state index in [0.717, 1.165) is 54.0 Å². The molecule has 1 heterocycles. The van der Waals surface area contributed by atoms with Crippen LogP contribution in [0.4, 0.5) is 4.39 Å². The zero-order chi connectivity index (χ0) is 22.7. The van der Waals surface area contributed by atoms with Gasteiger partial charge in [0, 0.05) is 24.6 Å². The second-order valence-corrected chi connectivity index (χ2v) is 12.6. The molecule has 2 atom stereocenters. The van der Waals surface area contributed by atoms with E-state index in [2.05, 4.69) is 6.92 Å². The van der Waals surface area contributed by atoms with Gasteiger partial charge >= 0.3 is 10.2 Å². The number of halogens is 2. The molecule has 32 heavy (non-hydrogen) atoms. The first-order valence-electron chi connectivity index (χ1n) is 11.6. The molecule has 176 valence electrons. The first-order chi connectivity index (χ1) is 15.1. The summed E-state index contributed by atoms with van der Waals surface area (Å²) in [6.07, 6.45) is 9.36. The van der Waals surface area contributed by atoms with Crippen molar-refractivity contribution in [2.75, 3.05) is 19.7 Å². The zero-order valence-electron chi connectivity index (χ0n) is 18.3. The Morgan fingerprint density at radius 1 is 1.22 bits per heavy atom. The van der Waals surface area contributed by atoms with Crippen LogP contribution in [0.3, 0.4) is 0 Å². The molecule has 5 fully saturated rings. The Balaban J connectivity index is 1.29. The van der Waals surface area contributed by atoms with Crippen LogP contribution in [-0.2, 0) is 10.2 Å². The first-order valence-corrected chi connectivity index (χ1v) is 13.4. The SMILES string of the molecule is CCC12CC3CC(C1)CC(COc1cc(F)c(C(=O)NS(=O)(=O)N4CCC4)cc1Cl)(C3)C2. The van der Waals surface area contributed by atoms with E-state index in [9.17, 15) is 17.6 Å². The van der Waals surface area contributed by atoms with Crippen LogP contribution in [0.1, 0.15) is 68.6 Å². The monoisotopic (exact) mass is 484 g/mol.